The predicted octanol–water partition coefficient (Wildman–Crippen LogP) is 3.25. The number of imide groups is 1. The molecule has 1 atom stereocenters. The quantitative estimate of drug-likeness (QED) is 0.667. The van der Waals surface area contributed by atoms with Crippen molar-refractivity contribution in [3.05, 3.63) is 58.6 Å². The molecule has 2 N–H and O–H groups in total. The van der Waals surface area contributed by atoms with Crippen molar-refractivity contribution in [1.82, 2.24) is 10.2 Å². The minimum atomic E-state index is -1.23. The van der Waals surface area contributed by atoms with E-state index in [1.54, 1.807) is 49.4 Å². The Morgan fingerprint density at radius 2 is 1.96 bits per heavy atom. The molecule has 4 amide bonds. The molecule has 7 nitrogen and oxygen atoms in total. The van der Waals surface area contributed by atoms with Gasteiger partial charge in [-0.1, -0.05) is 40.2 Å². The van der Waals surface area contributed by atoms with Gasteiger partial charge in [-0.2, -0.15) is 0 Å². The first kappa shape index (κ1) is 19.9. The fourth-order valence-electron chi connectivity index (χ4n) is 3.02. The second kappa shape index (κ2) is 8.02. The molecular weight excluding hydrogens is 426 g/mol. The number of benzene rings is 2. The van der Waals surface area contributed by atoms with Gasteiger partial charge in [0.05, 0.1) is 12.3 Å². The summed E-state index contributed by atoms with van der Waals surface area (Å²) in [5, 5.41) is 5.38. The first-order chi connectivity index (χ1) is 13.3. The smallest absolute Gasteiger partial charge is 0.325 e. The van der Waals surface area contributed by atoms with Crippen LogP contribution in [0.25, 0.3) is 0 Å². The number of halogens is 1. The SMILES string of the molecule is CCOc1ccccc1NC(=O)CN1C(=O)NC(C)(c2cccc(Br)c2)C1=O. The molecule has 1 aliphatic rings. The third-order valence-corrected chi connectivity index (χ3v) is 4.93. The summed E-state index contributed by atoms with van der Waals surface area (Å²) in [6.45, 7) is 3.52. The maximum Gasteiger partial charge on any atom is 0.325 e. The Balaban J connectivity index is 1.75. The Bertz CT molecular complexity index is 933. The Labute approximate surface area is 171 Å². The van der Waals surface area contributed by atoms with Crippen LogP contribution in [-0.2, 0) is 15.1 Å². The summed E-state index contributed by atoms with van der Waals surface area (Å²) in [7, 11) is 0. The molecule has 0 aromatic heterocycles. The number of hydrogen-bond donors (Lipinski definition) is 2. The summed E-state index contributed by atoms with van der Waals surface area (Å²) in [5.74, 6) is -0.451. The van der Waals surface area contributed by atoms with Crippen LogP contribution in [0.15, 0.2) is 53.0 Å². The van der Waals surface area contributed by atoms with E-state index in [9.17, 15) is 14.4 Å². The van der Waals surface area contributed by atoms with Gasteiger partial charge in [-0.3, -0.25) is 14.5 Å². The van der Waals surface area contributed by atoms with Crippen LogP contribution in [0.1, 0.15) is 19.4 Å². The molecule has 1 saturated heterocycles. The average Bonchev–Trinajstić information content (AvgIpc) is 2.88. The molecule has 3 rings (SSSR count). The number of ether oxygens (including phenoxy) is 1. The number of para-hydroxylation sites is 2. The predicted molar refractivity (Wildman–Crippen MR) is 108 cm³/mol. The van der Waals surface area contributed by atoms with Crippen molar-refractivity contribution >= 4 is 39.5 Å². The van der Waals surface area contributed by atoms with Gasteiger partial charge in [0.15, 0.2) is 0 Å². The lowest BCUT2D eigenvalue weighted by Gasteiger charge is -2.22. The molecule has 1 fully saturated rings. The van der Waals surface area contributed by atoms with Gasteiger partial charge in [-0.05, 0) is 43.7 Å². The minimum Gasteiger partial charge on any atom is -0.492 e. The van der Waals surface area contributed by atoms with E-state index in [1.165, 1.54) is 0 Å². The van der Waals surface area contributed by atoms with E-state index >= 15 is 0 Å². The van der Waals surface area contributed by atoms with Gasteiger partial charge in [0.25, 0.3) is 5.91 Å². The second-order valence-electron chi connectivity index (χ2n) is 6.43. The van der Waals surface area contributed by atoms with E-state index in [0.717, 1.165) is 9.37 Å². The molecule has 8 heteroatoms. The summed E-state index contributed by atoms with van der Waals surface area (Å²) in [6.07, 6.45) is 0. The van der Waals surface area contributed by atoms with Gasteiger partial charge in [0, 0.05) is 4.47 Å². The highest BCUT2D eigenvalue weighted by atomic mass is 79.9. The molecule has 146 valence electrons. The van der Waals surface area contributed by atoms with Crippen LogP contribution in [0.2, 0.25) is 0 Å². The lowest BCUT2D eigenvalue weighted by molar-refractivity contribution is -0.133. The van der Waals surface area contributed by atoms with E-state index in [-0.39, 0.29) is 0 Å². The molecule has 2 aromatic rings. The fourth-order valence-corrected chi connectivity index (χ4v) is 3.42. The van der Waals surface area contributed by atoms with Crippen molar-refractivity contribution in [2.45, 2.75) is 19.4 Å². The van der Waals surface area contributed by atoms with Crippen molar-refractivity contribution in [2.75, 3.05) is 18.5 Å². The Morgan fingerprint density at radius 3 is 2.68 bits per heavy atom. The van der Waals surface area contributed by atoms with E-state index in [2.05, 4.69) is 26.6 Å². The van der Waals surface area contributed by atoms with Crippen molar-refractivity contribution in [1.29, 1.82) is 0 Å². The zero-order valence-electron chi connectivity index (χ0n) is 15.5. The van der Waals surface area contributed by atoms with Gasteiger partial charge in [0.2, 0.25) is 5.91 Å². The normalized spacial score (nSPS) is 18.8. The first-order valence-corrected chi connectivity index (χ1v) is 9.56. The Hall–Kier alpha value is -2.87. The molecule has 1 aliphatic heterocycles. The Kier molecular flexibility index (Phi) is 5.69. The zero-order chi connectivity index (χ0) is 20.3. The number of hydrogen-bond acceptors (Lipinski definition) is 4. The summed E-state index contributed by atoms with van der Waals surface area (Å²) in [5.41, 5.74) is -0.120. The van der Waals surface area contributed by atoms with Gasteiger partial charge in [0.1, 0.15) is 17.8 Å². The van der Waals surface area contributed by atoms with Crippen LogP contribution in [0.4, 0.5) is 10.5 Å². The monoisotopic (exact) mass is 445 g/mol. The van der Waals surface area contributed by atoms with E-state index < -0.39 is 29.9 Å². The number of carbonyl (C=O) groups is 3. The number of anilines is 1. The molecule has 2 aromatic carbocycles. The van der Waals surface area contributed by atoms with Gasteiger partial charge in [-0.15, -0.1) is 0 Å². The average molecular weight is 446 g/mol. The zero-order valence-corrected chi connectivity index (χ0v) is 17.1. The largest absolute Gasteiger partial charge is 0.492 e. The number of carbonyl (C=O) groups excluding carboxylic acids is 3. The fraction of sp³-hybridized carbons (Fsp3) is 0.250. The second-order valence-corrected chi connectivity index (χ2v) is 7.35. The molecule has 1 unspecified atom stereocenters. The Morgan fingerprint density at radius 1 is 1.21 bits per heavy atom. The van der Waals surface area contributed by atoms with Crippen molar-refractivity contribution < 1.29 is 19.1 Å². The summed E-state index contributed by atoms with van der Waals surface area (Å²) in [6, 6.07) is 13.5. The highest BCUT2D eigenvalue weighted by molar-refractivity contribution is 9.10. The molecule has 0 aliphatic carbocycles. The number of amides is 4. The topological polar surface area (TPSA) is 87.7 Å². The van der Waals surface area contributed by atoms with Crippen LogP contribution in [0, 0.1) is 0 Å². The number of urea groups is 1. The van der Waals surface area contributed by atoms with E-state index in [1.807, 2.05) is 13.0 Å². The lowest BCUT2D eigenvalue weighted by atomic mass is 9.92. The highest BCUT2D eigenvalue weighted by Crippen LogP contribution is 2.30. The van der Waals surface area contributed by atoms with Crippen molar-refractivity contribution in [2.24, 2.45) is 0 Å². The summed E-state index contributed by atoms with van der Waals surface area (Å²) in [4.78, 5) is 38.7. The minimum absolute atomic E-state index is 0.394. The third kappa shape index (κ3) is 3.87. The molecule has 0 saturated carbocycles. The first-order valence-electron chi connectivity index (χ1n) is 8.77. The maximum absolute atomic E-state index is 12.9. The molecular formula is C20H20BrN3O4. The number of nitrogens with zero attached hydrogens (tertiary/aromatic N) is 1. The maximum atomic E-state index is 12.9. The standard InChI is InChI=1S/C20H20BrN3O4/c1-3-28-16-10-5-4-9-15(16)22-17(25)12-24-18(26)20(2,23-19(24)27)13-7-6-8-14(21)11-13/h4-11H,3,12H2,1-2H3,(H,22,25)(H,23,27). The number of rotatable bonds is 6. The molecule has 1 heterocycles. The van der Waals surface area contributed by atoms with Crippen LogP contribution in [0.3, 0.4) is 0 Å². The summed E-state index contributed by atoms with van der Waals surface area (Å²) >= 11 is 3.37. The van der Waals surface area contributed by atoms with E-state index in [0.29, 0.717) is 23.6 Å². The van der Waals surface area contributed by atoms with Crippen LogP contribution < -0.4 is 15.4 Å². The molecule has 28 heavy (non-hydrogen) atoms. The third-order valence-electron chi connectivity index (χ3n) is 4.44. The van der Waals surface area contributed by atoms with Gasteiger partial charge < -0.3 is 15.4 Å². The van der Waals surface area contributed by atoms with Crippen LogP contribution in [-0.4, -0.2) is 35.9 Å². The van der Waals surface area contributed by atoms with Crippen LogP contribution in [0.5, 0.6) is 5.75 Å². The van der Waals surface area contributed by atoms with Gasteiger partial charge >= 0.3 is 6.03 Å². The summed E-state index contributed by atoms with van der Waals surface area (Å²) < 4.78 is 6.26. The lowest BCUT2D eigenvalue weighted by Crippen LogP contribution is -2.42. The van der Waals surface area contributed by atoms with Crippen molar-refractivity contribution in [3.63, 3.8) is 0 Å². The van der Waals surface area contributed by atoms with Crippen LogP contribution >= 0.6 is 15.9 Å². The molecule has 0 radical (unpaired) electrons. The molecule has 0 bridgehead atoms. The van der Waals surface area contributed by atoms with Gasteiger partial charge in [-0.25, -0.2) is 4.79 Å². The molecule has 0 spiro atoms. The van der Waals surface area contributed by atoms with Crippen molar-refractivity contribution in [3.8, 4) is 5.75 Å². The number of nitrogens with one attached hydrogen (secondary N) is 2. The highest BCUT2D eigenvalue weighted by Gasteiger charge is 2.49. The van der Waals surface area contributed by atoms with E-state index in [4.69, 9.17) is 4.74 Å².